The average Bonchev–Trinajstić information content (AvgIpc) is 2.27. The number of nitrogens with one attached hydrogen (secondary N) is 1. The topological polar surface area (TPSA) is 90.6 Å². The first-order valence-corrected chi connectivity index (χ1v) is 4.84. The molecule has 3 N–H and O–H groups in total. The second-order valence-corrected chi connectivity index (χ2v) is 3.34. The molecule has 17 heavy (non-hydrogen) atoms. The Hall–Kier alpha value is -2.30. The number of carboxylic acids is 1. The molecule has 0 fully saturated rings. The Bertz CT molecular complexity index is 487. The van der Waals surface area contributed by atoms with Gasteiger partial charge in [0.2, 0.25) is 0 Å². The lowest BCUT2D eigenvalue weighted by Gasteiger charge is -2.10. The van der Waals surface area contributed by atoms with Crippen molar-refractivity contribution in [3.8, 4) is 5.75 Å². The van der Waals surface area contributed by atoms with E-state index >= 15 is 0 Å². The number of carbonyl (C=O) groups is 1. The van der Waals surface area contributed by atoms with Crippen LogP contribution in [0.5, 0.6) is 5.75 Å². The summed E-state index contributed by atoms with van der Waals surface area (Å²) in [6, 6.07) is 6.56. The van der Waals surface area contributed by atoms with Crippen molar-refractivity contribution in [1.82, 2.24) is 0 Å². The van der Waals surface area contributed by atoms with Crippen LogP contribution in [0.2, 0.25) is 0 Å². The maximum atomic E-state index is 11.0. The van der Waals surface area contributed by atoms with Crippen molar-refractivity contribution in [1.29, 1.82) is 5.41 Å². The molecule has 0 saturated carbocycles. The van der Waals surface area contributed by atoms with Gasteiger partial charge in [0.25, 0.3) is 0 Å². The first kappa shape index (κ1) is 12.8. The first-order valence-electron chi connectivity index (χ1n) is 4.84. The molecule has 0 atom stereocenters. The van der Waals surface area contributed by atoms with Crippen LogP contribution in [0.4, 0.5) is 0 Å². The minimum atomic E-state index is -1.35. The van der Waals surface area contributed by atoms with Crippen molar-refractivity contribution in [2.24, 2.45) is 0 Å². The minimum Gasteiger partial charge on any atom is -0.512 e. The molecule has 0 aliphatic carbocycles. The van der Waals surface area contributed by atoms with Gasteiger partial charge in [0.1, 0.15) is 17.1 Å². The standard InChI is InChI=1S/C12H13NO4/c1-7(14)10(12(15)16)11(13)8-5-3-4-6-9(8)17-2/h3-6,13-14H,1-2H3,(H,15,16)/b10-7+,13-11?. The van der Waals surface area contributed by atoms with Crippen molar-refractivity contribution < 1.29 is 19.7 Å². The third kappa shape index (κ3) is 2.63. The third-order valence-electron chi connectivity index (χ3n) is 2.20. The second-order valence-electron chi connectivity index (χ2n) is 3.34. The number of benzene rings is 1. The van der Waals surface area contributed by atoms with Crippen LogP contribution in [-0.2, 0) is 4.79 Å². The lowest BCUT2D eigenvalue weighted by atomic mass is 10.0. The fourth-order valence-electron chi connectivity index (χ4n) is 1.43. The number of aliphatic hydroxyl groups excluding tert-OH is 1. The van der Waals surface area contributed by atoms with Crippen LogP contribution >= 0.6 is 0 Å². The van der Waals surface area contributed by atoms with E-state index in [1.807, 2.05) is 0 Å². The van der Waals surface area contributed by atoms with Crippen molar-refractivity contribution in [2.45, 2.75) is 6.92 Å². The van der Waals surface area contributed by atoms with Crippen LogP contribution in [0, 0.1) is 5.41 Å². The van der Waals surface area contributed by atoms with Gasteiger partial charge in [0.05, 0.1) is 12.8 Å². The number of carboxylic acid groups (broad SMARTS) is 1. The van der Waals surface area contributed by atoms with Crippen molar-refractivity contribution >= 4 is 11.7 Å². The zero-order chi connectivity index (χ0) is 13.0. The lowest BCUT2D eigenvalue weighted by Crippen LogP contribution is -2.15. The summed E-state index contributed by atoms with van der Waals surface area (Å²) in [7, 11) is 1.43. The summed E-state index contributed by atoms with van der Waals surface area (Å²) in [5.41, 5.74) is -0.398. The Morgan fingerprint density at radius 1 is 1.29 bits per heavy atom. The fourth-order valence-corrected chi connectivity index (χ4v) is 1.43. The van der Waals surface area contributed by atoms with Crippen LogP contribution in [0.1, 0.15) is 12.5 Å². The van der Waals surface area contributed by atoms with Gasteiger partial charge in [-0.05, 0) is 19.1 Å². The van der Waals surface area contributed by atoms with Crippen LogP contribution in [0.25, 0.3) is 0 Å². The number of aliphatic hydroxyl groups is 1. The summed E-state index contributed by atoms with van der Waals surface area (Å²) in [4.78, 5) is 11.0. The molecule has 1 aromatic rings. The van der Waals surface area contributed by atoms with Gasteiger partial charge >= 0.3 is 5.97 Å². The molecule has 0 heterocycles. The molecule has 1 aromatic carbocycles. The van der Waals surface area contributed by atoms with Crippen LogP contribution < -0.4 is 4.74 Å². The summed E-state index contributed by atoms with van der Waals surface area (Å²) < 4.78 is 5.04. The fraction of sp³-hybridized carbons (Fsp3) is 0.167. The van der Waals surface area contributed by atoms with E-state index in [2.05, 4.69) is 0 Å². The number of ether oxygens (including phenoxy) is 1. The SMILES string of the molecule is COc1ccccc1C(=N)/C(C(=O)O)=C(/C)O. The third-order valence-corrected chi connectivity index (χ3v) is 2.20. The van der Waals surface area contributed by atoms with Crippen molar-refractivity contribution in [3.63, 3.8) is 0 Å². The Balaban J connectivity index is 3.30. The molecule has 0 unspecified atom stereocenters. The van der Waals surface area contributed by atoms with Gasteiger partial charge in [-0.15, -0.1) is 0 Å². The lowest BCUT2D eigenvalue weighted by molar-refractivity contribution is -0.132. The monoisotopic (exact) mass is 235 g/mol. The van der Waals surface area contributed by atoms with Gasteiger partial charge in [-0.25, -0.2) is 4.79 Å². The highest BCUT2D eigenvalue weighted by Gasteiger charge is 2.21. The summed E-state index contributed by atoms with van der Waals surface area (Å²) in [5.74, 6) is -1.37. The van der Waals surface area contributed by atoms with Crippen molar-refractivity contribution in [2.75, 3.05) is 7.11 Å². The Labute approximate surface area is 98.5 Å². The summed E-state index contributed by atoms with van der Waals surface area (Å²) in [6.07, 6.45) is 0. The van der Waals surface area contributed by atoms with Gasteiger partial charge in [0.15, 0.2) is 0 Å². The van der Waals surface area contributed by atoms with E-state index in [1.165, 1.54) is 14.0 Å². The number of hydrogen-bond acceptors (Lipinski definition) is 4. The van der Waals surface area contributed by atoms with Crippen molar-refractivity contribution in [3.05, 3.63) is 41.2 Å². The quantitative estimate of drug-likeness (QED) is 0.423. The van der Waals surface area contributed by atoms with Crippen LogP contribution in [0.3, 0.4) is 0 Å². The number of rotatable bonds is 4. The van der Waals surface area contributed by atoms with Crippen LogP contribution in [-0.4, -0.2) is 29.0 Å². The van der Waals surface area contributed by atoms with E-state index in [9.17, 15) is 9.90 Å². The van der Waals surface area contributed by atoms with Gasteiger partial charge in [0, 0.05) is 5.56 Å². The predicted molar refractivity (Wildman–Crippen MR) is 62.8 cm³/mol. The van der Waals surface area contributed by atoms with E-state index in [0.29, 0.717) is 11.3 Å². The largest absolute Gasteiger partial charge is 0.512 e. The summed E-state index contributed by atoms with van der Waals surface area (Å²) in [5, 5.41) is 26.0. The molecule has 0 aliphatic heterocycles. The Morgan fingerprint density at radius 3 is 2.35 bits per heavy atom. The van der Waals surface area contributed by atoms with Gasteiger partial charge in [-0.1, -0.05) is 12.1 Å². The molecule has 0 aliphatic rings. The number of hydrogen-bond donors (Lipinski definition) is 3. The van der Waals surface area contributed by atoms with E-state index in [1.54, 1.807) is 24.3 Å². The zero-order valence-corrected chi connectivity index (χ0v) is 9.52. The van der Waals surface area contributed by atoms with Crippen LogP contribution in [0.15, 0.2) is 35.6 Å². The Morgan fingerprint density at radius 2 is 1.88 bits per heavy atom. The molecule has 90 valence electrons. The highest BCUT2D eigenvalue weighted by atomic mass is 16.5. The molecule has 0 amide bonds. The smallest absolute Gasteiger partial charge is 0.341 e. The number of allylic oxidation sites excluding steroid dienone is 1. The molecular weight excluding hydrogens is 222 g/mol. The number of aliphatic carboxylic acids is 1. The molecule has 0 aromatic heterocycles. The predicted octanol–water partition coefficient (Wildman–Crippen LogP) is 1.98. The highest BCUT2D eigenvalue weighted by Crippen LogP contribution is 2.21. The summed E-state index contributed by atoms with van der Waals surface area (Å²) in [6.45, 7) is 1.23. The van der Waals surface area contributed by atoms with E-state index < -0.39 is 17.3 Å². The van der Waals surface area contributed by atoms with E-state index in [-0.39, 0.29) is 5.71 Å². The molecule has 0 saturated heterocycles. The molecule has 1 rings (SSSR count). The molecular formula is C12H13NO4. The average molecular weight is 235 g/mol. The maximum absolute atomic E-state index is 11.0. The van der Waals surface area contributed by atoms with Gasteiger partial charge in [-0.3, -0.25) is 5.41 Å². The number of para-hydroxylation sites is 1. The normalized spacial score (nSPS) is 11.6. The number of methoxy groups -OCH3 is 1. The molecule has 0 radical (unpaired) electrons. The second kappa shape index (κ2) is 5.16. The first-order chi connectivity index (χ1) is 7.99. The molecule has 0 bridgehead atoms. The molecule has 0 spiro atoms. The highest BCUT2D eigenvalue weighted by molar-refractivity contribution is 6.26. The maximum Gasteiger partial charge on any atom is 0.341 e. The Kier molecular flexibility index (Phi) is 3.87. The van der Waals surface area contributed by atoms with Gasteiger partial charge < -0.3 is 14.9 Å². The molecule has 5 heteroatoms. The minimum absolute atomic E-state index is 0.282. The van der Waals surface area contributed by atoms with E-state index in [4.69, 9.17) is 15.3 Å². The zero-order valence-electron chi connectivity index (χ0n) is 9.52. The summed E-state index contributed by atoms with van der Waals surface area (Å²) >= 11 is 0. The van der Waals surface area contributed by atoms with Gasteiger partial charge in [-0.2, -0.15) is 0 Å². The molecule has 5 nitrogen and oxygen atoms in total. The van der Waals surface area contributed by atoms with E-state index in [0.717, 1.165) is 0 Å².